The van der Waals surface area contributed by atoms with Gasteiger partial charge in [-0.25, -0.2) is 0 Å². The van der Waals surface area contributed by atoms with E-state index < -0.39 is 6.10 Å². The van der Waals surface area contributed by atoms with E-state index in [1.54, 1.807) is 11.3 Å². The minimum atomic E-state index is -0.536. The summed E-state index contributed by atoms with van der Waals surface area (Å²) < 4.78 is 11.9. The van der Waals surface area contributed by atoms with E-state index in [9.17, 15) is 5.11 Å². The Hall–Kier alpha value is -1.04. The summed E-state index contributed by atoms with van der Waals surface area (Å²) in [6, 6.07) is 7.77. The first-order valence-electron chi connectivity index (χ1n) is 6.03. The number of aliphatic hydroxyl groups is 1. The smallest absolute Gasteiger partial charge is 0.175 e. The van der Waals surface area contributed by atoms with Crippen molar-refractivity contribution in [2.75, 3.05) is 13.2 Å². The fourth-order valence-electron chi connectivity index (χ4n) is 2.06. The molecule has 3 rings (SSSR count). The van der Waals surface area contributed by atoms with Gasteiger partial charge in [-0.3, -0.25) is 0 Å². The Morgan fingerprint density at radius 2 is 2.16 bits per heavy atom. The van der Waals surface area contributed by atoms with Gasteiger partial charge in [-0.05, 0) is 45.1 Å². The topological polar surface area (TPSA) is 38.7 Å². The van der Waals surface area contributed by atoms with E-state index in [2.05, 4.69) is 15.9 Å². The molecule has 0 fully saturated rings. The van der Waals surface area contributed by atoms with E-state index in [1.807, 2.05) is 29.6 Å². The first kappa shape index (κ1) is 13.0. The lowest BCUT2D eigenvalue weighted by Crippen LogP contribution is -2.16. The van der Waals surface area contributed by atoms with Gasteiger partial charge < -0.3 is 14.6 Å². The highest BCUT2D eigenvalue weighted by molar-refractivity contribution is 9.10. The molecule has 0 radical (unpaired) electrons. The first-order valence-corrected chi connectivity index (χ1v) is 7.71. The molecule has 19 heavy (non-hydrogen) atoms. The largest absolute Gasteiger partial charge is 0.486 e. The summed E-state index contributed by atoms with van der Waals surface area (Å²) in [7, 11) is 0. The van der Waals surface area contributed by atoms with Crippen LogP contribution < -0.4 is 9.47 Å². The Bertz CT molecular complexity index is 568. The van der Waals surface area contributed by atoms with Gasteiger partial charge in [0.2, 0.25) is 0 Å². The van der Waals surface area contributed by atoms with Crippen molar-refractivity contribution in [1.82, 2.24) is 0 Å². The van der Waals surface area contributed by atoms with Gasteiger partial charge in [0.1, 0.15) is 13.2 Å². The predicted octanol–water partition coefficient (Wildman–Crippen LogP) is 3.56. The minimum absolute atomic E-state index is 0.536. The maximum Gasteiger partial charge on any atom is 0.175 e. The lowest BCUT2D eigenvalue weighted by atomic mass is 10.0. The quantitative estimate of drug-likeness (QED) is 0.928. The van der Waals surface area contributed by atoms with E-state index in [-0.39, 0.29) is 0 Å². The molecule has 0 saturated carbocycles. The van der Waals surface area contributed by atoms with Gasteiger partial charge in [0.05, 0.1) is 10.6 Å². The molecule has 1 aromatic carbocycles. The average molecular weight is 341 g/mol. The molecule has 0 aliphatic carbocycles. The molecule has 1 aromatic heterocycles. The SMILES string of the molecule is OC(Cc1cccs1)c1cc(Br)c2c(c1)OCCO2. The summed E-state index contributed by atoms with van der Waals surface area (Å²) in [5, 5.41) is 12.3. The van der Waals surface area contributed by atoms with E-state index in [1.165, 1.54) is 4.88 Å². The maximum absolute atomic E-state index is 10.3. The van der Waals surface area contributed by atoms with E-state index >= 15 is 0 Å². The summed E-state index contributed by atoms with van der Waals surface area (Å²) in [5.41, 5.74) is 0.838. The zero-order chi connectivity index (χ0) is 13.2. The van der Waals surface area contributed by atoms with Crippen molar-refractivity contribution in [3.05, 3.63) is 44.6 Å². The molecule has 100 valence electrons. The van der Waals surface area contributed by atoms with Gasteiger partial charge in [-0.2, -0.15) is 0 Å². The number of benzene rings is 1. The highest BCUT2D eigenvalue weighted by Crippen LogP contribution is 2.40. The third kappa shape index (κ3) is 2.78. The Morgan fingerprint density at radius 1 is 1.32 bits per heavy atom. The molecule has 1 atom stereocenters. The molecule has 0 bridgehead atoms. The van der Waals surface area contributed by atoms with Crippen molar-refractivity contribution < 1.29 is 14.6 Å². The van der Waals surface area contributed by atoms with E-state index in [0.717, 1.165) is 15.8 Å². The predicted molar refractivity (Wildman–Crippen MR) is 78.1 cm³/mol. The molecule has 1 N–H and O–H groups in total. The van der Waals surface area contributed by atoms with Crippen LogP contribution in [0.2, 0.25) is 0 Å². The van der Waals surface area contributed by atoms with Crippen LogP contribution in [0.4, 0.5) is 0 Å². The Labute approximate surface area is 123 Å². The van der Waals surface area contributed by atoms with Crippen LogP contribution in [0.5, 0.6) is 11.5 Å². The monoisotopic (exact) mass is 340 g/mol. The van der Waals surface area contributed by atoms with Crippen molar-refractivity contribution >= 4 is 27.3 Å². The van der Waals surface area contributed by atoms with Gasteiger partial charge in [-0.1, -0.05) is 6.07 Å². The third-order valence-corrected chi connectivity index (χ3v) is 4.47. The highest BCUT2D eigenvalue weighted by Gasteiger charge is 2.19. The van der Waals surface area contributed by atoms with E-state index in [4.69, 9.17) is 9.47 Å². The minimum Gasteiger partial charge on any atom is -0.486 e. The molecule has 2 aromatic rings. The van der Waals surface area contributed by atoms with Crippen LogP contribution in [0.15, 0.2) is 34.1 Å². The van der Waals surface area contributed by atoms with Crippen molar-refractivity contribution in [2.45, 2.75) is 12.5 Å². The standard InChI is InChI=1S/C14H13BrO3S/c15-11-6-9(7-13-14(11)18-4-3-17-13)12(16)8-10-2-1-5-19-10/h1-2,5-7,12,16H,3-4,8H2. The van der Waals surface area contributed by atoms with Crippen LogP contribution in [-0.2, 0) is 6.42 Å². The van der Waals surface area contributed by atoms with Crippen LogP contribution in [0.25, 0.3) is 0 Å². The second-order valence-electron chi connectivity index (χ2n) is 4.33. The van der Waals surface area contributed by atoms with Gasteiger partial charge in [-0.15, -0.1) is 11.3 Å². The molecule has 3 nitrogen and oxygen atoms in total. The summed E-state index contributed by atoms with van der Waals surface area (Å²) >= 11 is 5.12. The zero-order valence-electron chi connectivity index (χ0n) is 10.1. The fourth-order valence-corrected chi connectivity index (χ4v) is 3.38. The van der Waals surface area contributed by atoms with E-state index in [0.29, 0.717) is 25.4 Å². The Morgan fingerprint density at radius 3 is 2.95 bits per heavy atom. The van der Waals surface area contributed by atoms with Crippen LogP contribution in [0.1, 0.15) is 16.5 Å². The second-order valence-corrected chi connectivity index (χ2v) is 6.21. The fraction of sp³-hybridized carbons (Fsp3) is 0.286. The van der Waals surface area contributed by atoms with Gasteiger partial charge >= 0.3 is 0 Å². The Kier molecular flexibility index (Phi) is 3.77. The molecular weight excluding hydrogens is 328 g/mol. The summed E-state index contributed by atoms with van der Waals surface area (Å²) in [6.45, 7) is 1.10. The normalized spacial score (nSPS) is 15.3. The number of hydrogen-bond donors (Lipinski definition) is 1. The number of aliphatic hydroxyl groups excluding tert-OH is 1. The van der Waals surface area contributed by atoms with Gasteiger partial charge in [0.25, 0.3) is 0 Å². The van der Waals surface area contributed by atoms with Crippen LogP contribution in [0, 0.1) is 0 Å². The number of ether oxygens (including phenoxy) is 2. The summed E-state index contributed by atoms with van der Waals surface area (Å²) in [4.78, 5) is 1.17. The van der Waals surface area contributed by atoms with Gasteiger partial charge in [0, 0.05) is 11.3 Å². The zero-order valence-corrected chi connectivity index (χ0v) is 12.5. The maximum atomic E-state index is 10.3. The van der Waals surface area contributed by atoms with Crippen LogP contribution in [0.3, 0.4) is 0 Å². The first-order chi connectivity index (χ1) is 9.24. The summed E-state index contributed by atoms with van der Waals surface area (Å²) in [6.07, 6.45) is 0.0785. The molecule has 0 saturated heterocycles. The second kappa shape index (κ2) is 5.53. The van der Waals surface area contributed by atoms with Crippen molar-refractivity contribution in [2.24, 2.45) is 0 Å². The molecule has 0 amide bonds. The lowest BCUT2D eigenvalue weighted by Gasteiger charge is -2.21. The molecule has 5 heteroatoms. The van der Waals surface area contributed by atoms with Crippen molar-refractivity contribution in [3.63, 3.8) is 0 Å². The van der Waals surface area contributed by atoms with Crippen molar-refractivity contribution in [3.8, 4) is 11.5 Å². The number of fused-ring (bicyclic) bond motifs is 1. The molecule has 1 aliphatic heterocycles. The average Bonchev–Trinajstić information content (AvgIpc) is 2.91. The van der Waals surface area contributed by atoms with Gasteiger partial charge in [0.15, 0.2) is 11.5 Å². The molecule has 1 unspecified atom stereocenters. The molecule has 2 heterocycles. The van der Waals surface area contributed by atoms with Crippen LogP contribution >= 0.6 is 27.3 Å². The highest BCUT2D eigenvalue weighted by atomic mass is 79.9. The third-order valence-electron chi connectivity index (χ3n) is 2.98. The Balaban J connectivity index is 1.86. The molecule has 1 aliphatic rings. The number of rotatable bonds is 3. The number of hydrogen-bond acceptors (Lipinski definition) is 4. The van der Waals surface area contributed by atoms with Crippen LogP contribution in [-0.4, -0.2) is 18.3 Å². The molecule has 0 spiro atoms. The van der Waals surface area contributed by atoms with Crippen molar-refractivity contribution in [1.29, 1.82) is 0 Å². The lowest BCUT2D eigenvalue weighted by molar-refractivity contribution is 0.163. The number of halogens is 1. The summed E-state index contributed by atoms with van der Waals surface area (Å²) in [5.74, 6) is 1.42. The number of thiophene rings is 1. The molecular formula is C14H13BrO3S.